The van der Waals surface area contributed by atoms with E-state index in [1.165, 1.54) is 0 Å². The zero-order chi connectivity index (χ0) is 14.8. The first-order chi connectivity index (χ1) is 10.2. The molecule has 2 nitrogen and oxygen atoms in total. The molecule has 3 rings (SSSR count). The Hall–Kier alpha value is -2.20. The molecule has 3 aromatic rings. The third-order valence-corrected chi connectivity index (χ3v) is 3.25. The molecule has 5 heteroatoms. The Morgan fingerprint density at radius 1 is 1.00 bits per heavy atom. The number of halogens is 3. The van der Waals surface area contributed by atoms with Crippen molar-refractivity contribution >= 4 is 22.5 Å². The van der Waals surface area contributed by atoms with E-state index in [-0.39, 0.29) is 17.5 Å². The van der Waals surface area contributed by atoms with Crippen LogP contribution in [0.3, 0.4) is 0 Å². The average molecular weight is 306 g/mol. The van der Waals surface area contributed by atoms with Gasteiger partial charge in [-0.3, -0.25) is 0 Å². The lowest BCUT2D eigenvalue weighted by atomic mass is 10.1. The van der Waals surface area contributed by atoms with Crippen LogP contribution in [-0.2, 0) is 5.88 Å². The highest BCUT2D eigenvalue weighted by Crippen LogP contribution is 2.28. The zero-order valence-corrected chi connectivity index (χ0v) is 11.6. The predicted octanol–water partition coefficient (Wildman–Crippen LogP) is 5.04. The van der Waals surface area contributed by atoms with Gasteiger partial charge in [0.05, 0.1) is 11.4 Å². The maximum absolute atomic E-state index is 13.2. The second kappa shape index (κ2) is 5.66. The van der Waals surface area contributed by atoms with Crippen molar-refractivity contribution in [3.63, 3.8) is 0 Å². The van der Waals surface area contributed by atoms with Gasteiger partial charge < -0.3 is 4.74 Å². The van der Waals surface area contributed by atoms with E-state index in [0.29, 0.717) is 5.56 Å². The summed E-state index contributed by atoms with van der Waals surface area (Å²) in [4.78, 5) is 4.35. The molecule has 0 N–H and O–H groups in total. The first kappa shape index (κ1) is 13.8. The molecule has 0 amide bonds. The normalized spacial score (nSPS) is 10.8. The molecular weight excluding hydrogens is 296 g/mol. The summed E-state index contributed by atoms with van der Waals surface area (Å²) in [6, 6.07) is 12.3. The van der Waals surface area contributed by atoms with Crippen LogP contribution in [-0.4, -0.2) is 4.98 Å². The molecule has 0 spiro atoms. The molecule has 106 valence electrons. The van der Waals surface area contributed by atoms with Gasteiger partial charge in [0, 0.05) is 29.1 Å². The van der Waals surface area contributed by atoms with Gasteiger partial charge >= 0.3 is 0 Å². The van der Waals surface area contributed by atoms with Crippen molar-refractivity contribution in [2.45, 2.75) is 5.88 Å². The van der Waals surface area contributed by atoms with Gasteiger partial charge in [-0.15, -0.1) is 11.6 Å². The Kier molecular flexibility index (Phi) is 3.71. The van der Waals surface area contributed by atoms with Crippen molar-refractivity contribution in [3.8, 4) is 11.6 Å². The maximum Gasteiger partial charge on any atom is 0.224 e. The third kappa shape index (κ3) is 2.95. The molecule has 0 unspecified atom stereocenters. The largest absolute Gasteiger partial charge is 0.438 e. The Balaban J connectivity index is 2.06. The summed E-state index contributed by atoms with van der Waals surface area (Å²) in [6.45, 7) is 0. The number of hydrogen-bond acceptors (Lipinski definition) is 2. The number of alkyl halides is 1. The minimum atomic E-state index is -0.710. The van der Waals surface area contributed by atoms with Gasteiger partial charge in [0.1, 0.15) is 17.4 Å². The number of benzene rings is 2. The van der Waals surface area contributed by atoms with Crippen LogP contribution in [0.4, 0.5) is 8.78 Å². The summed E-state index contributed by atoms with van der Waals surface area (Å²) in [6.07, 6.45) is 0. The Bertz CT molecular complexity index is 787. The van der Waals surface area contributed by atoms with E-state index in [9.17, 15) is 8.78 Å². The second-order valence-corrected chi connectivity index (χ2v) is 4.75. The van der Waals surface area contributed by atoms with E-state index >= 15 is 0 Å². The number of aromatic nitrogens is 1. The summed E-state index contributed by atoms with van der Waals surface area (Å²) in [5, 5.41) is 0.922. The Morgan fingerprint density at radius 3 is 2.43 bits per heavy atom. The molecule has 0 saturated heterocycles. The lowest BCUT2D eigenvalue weighted by Crippen LogP contribution is -1.95. The Labute approximate surface area is 125 Å². The molecule has 0 radical (unpaired) electrons. The third-order valence-electron chi connectivity index (χ3n) is 2.96. The van der Waals surface area contributed by atoms with Gasteiger partial charge in [-0.05, 0) is 12.1 Å². The second-order valence-electron chi connectivity index (χ2n) is 4.49. The summed E-state index contributed by atoms with van der Waals surface area (Å²) in [7, 11) is 0. The fourth-order valence-electron chi connectivity index (χ4n) is 2.03. The highest BCUT2D eigenvalue weighted by atomic mass is 35.5. The molecule has 0 aliphatic rings. The lowest BCUT2D eigenvalue weighted by Gasteiger charge is -2.10. The average Bonchev–Trinajstić information content (AvgIpc) is 2.45. The van der Waals surface area contributed by atoms with E-state index in [1.54, 1.807) is 0 Å². The maximum atomic E-state index is 13.2. The van der Waals surface area contributed by atoms with Crippen molar-refractivity contribution in [3.05, 3.63) is 65.7 Å². The molecule has 0 atom stereocenters. The van der Waals surface area contributed by atoms with Gasteiger partial charge in [-0.1, -0.05) is 18.2 Å². The number of para-hydroxylation sites is 1. The topological polar surface area (TPSA) is 22.1 Å². The molecule has 0 fully saturated rings. The number of rotatable bonds is 3. The molecular formula is C16H10ClF2NO. The van der Waals surface area contributed by atoms with Crippen molar-refractivity contribution in [2.24, 2.45) is 0 Å². The van der Waals surface area contributed by atoms with E-state index in [1.807, 2.05) is 30.3 Å². The smallest absolute Gasteiger partial charge is 0.224 e. The van der Waals surface area contributed by atoms with Crippen molar-refractivity contribution in [1.82, 2.24) is 4.98 Å². The van der Waals surface area contributed by atoms with Gasteiger partial charge in [0.25, 0.3) is 0 Å². The minimum Gasteiger partial charge on any atom is -0.438 e. The summed E-state index contributed by atoms with van der Waals surface area (Å²) < 4.78 is 31.9. The molecule has 0 aliphatic heterocycles. The Morgan fingerprint density at radius 2 is 1.71 bits per heavy atom. The fourth-order valence-corrected chi connectivity index (χ4v) is 2.22. The number of pyridine rings is 1. The lowest BCUT2D eigenvalue weighted by molar-refractivity contribution is 0.449. The molecule has 0 aliphatic carbocycles. The fraction of sp³-hybridized carbons (Fsp3) is 0.0625. The number of hydrogen-bond donors (Lipinski definition) is 0. The molecule has 21 heavy (non-hydrogen) atoms. The SMILES string of the molecule is Fc1cc(F)cc(Oc2nc3ccccc3cc2CCl)c1. The van der Waals surface area contributed by atoms with Gasteiger partial charge in [0.2, 0.25) is 5.88 Å². The van der Waals surface area contributed by atoms with E-state index in [0.717, 1.165) is 29.1 Å². The van der Waals surface area contributed by atoms with Crippen molar-refractivity contribution in [2.75, 3.05) is 0 Å². The molecule has 1 heterocycles. The van der Waals surface area contributed by atoms with Crippen molar-refractivity contribution in [1.29, 1.82) is 0 Å². The van der Waals surface area contributed by atoms with Crippen LogP contribution in [0.5, 0.6) is 11.6 Å². The van der Waals surface area contributed by atoms with Crippen molar-refractivity contribution < 1.29 is 13.5 Å². The highest BCUT2D eigenvalue weighted by molar-refractivity contribution is 6.17. The first-order valence-electron chi connectivity index (χ1n) is 6.24. The summed E-state index contributed by atoms with van der Waals surface area (Å²) in [5.41, 5.74) is 1.37. The molecule has 1 aromatic heterocycles. The van der Waals surface area contributed by atoms with Crippen LogP contribution in [0.25, 0.3) is 10.9 Å². The minimum absolute atomic E-state index is 0.0432. The quantitative estimate of drug-likeness (QED) is 0.632. The van der Waals surface area contributed by atoms with Gasteiger partial charge in [-0.25, -0.2) is 13.8 Å². The number of fused-ring (bicyclic) bond motifs is 1. The summed E-state index contributed by atoms with van der Waals surface area (Å²) >= 11 is 5.89. The standard InChI is InChI=1S/C16H10ClF2NO/c17-9-11-5-10-3-1-2-4-15(10)20-16(11)21-14-7-12(18)6-13(19)8-14/h1-8H,9H2. The van der Waals surface area contributed by atoms with Gasteiger partial charge in [-0.2, -0.15) is 0 Å². The number of nitrogens with zero attached hydrogens (tertiary/aromatic N) is 1. The molecule has 2 aromatic carbocycles. The van der Waals surface area contributed by atoms with Crippen LogP contribution in [0.2, 0.25) is 0 Å². The van der Waals surface area contributed by atoms with Crippen LogP contribution in [0, 0.1) is 11.6 Å². The highest BCUT2D eigenvalue weighted by Gasteiger charge is 2.10. The molecule has 0 saturated carbocycles. The van der Waals surface area contributed by atoms with Crippen LogP contribution < -0.4 is 4.74 Å². The van der Waals surface area contributed by atoms with Crippen LogP contribution >= 0.6 is 11.6 Å². The van der Waals surface area contributed by atoms with E-state index in [4.69, 9.17) is 16.3 Å². The number of ether oxygens (including phenoxy) is 1. The van der Waals surface area contributed by atoms with Crippen LogP contribution in [0.15, 0.2) is 48.5 Å². The van der Waals surface area contributed by atoms with Crippen LogP contribution in [0.1, 0.15) is 5.56 Å². The first-order valence-corrected chi connectivity index (χ1v) is 6.78. The summed E-state index contributed by atoms with van der Waals surface area (Å²) in [5.74, 6) is -0.947. The zero-order valence-electron chi connectivity index (χ0n) is 10.8. The molecule has 0 bridgehead atoms. The predicted molar refractivity (Wildman–Crippen MR) is 77.7 cm³/mol. The van der Waals surface area contributed by atoms with E-state index in [2.05, 4.69) is 4.98 Å². The van der Waals surface area contributed by atoms with Gasteiger partial charge in [0.15, 0.2) is 0 Å². The monoisotopic (exact) mass is 305 g/mol. The van der Waals surface area contributed by atoms with E-state index < -0.39 is 11.6 Å².